The first-order valence-electron chi connectivity index (χ1n) is 6.34. The van der Waals surface area contributed by atoms with Gasteiger partial charge >= 0.3 is 5.69 Å². The molecular formula is C13H14N4O5. The molecule has 0 unspecified atom stereocenters. The normalized spacial score (nSPS) is 10.0. The standard InChI is InChI=1S/C13H14N4O5/c1-21-8-2-4-9(5-3-8)22-7-6-14-11(18)10-12(19)15-13(20)17-16-10/h2-5H,6-7H2,1H3,(H,14,18)(H2,15,17,19,20). The number of benzene rings is 1. The molecule has 9 nitrogen and oxygen atoms in total. The Morgan fingerprint density at radius 3 is 2.55 bits per heavy atom. The fourth-order valence-electron chi connectivity index (χ4n) is 1.59. The van der Waals surface area contributed by atoms with Crippen molar-refractivity contribution >= 4 is 5.91 Å². The summed E-state index contributed by atoms with van der Waals surface area (Å²) in [7, 11) is 1.57. The zero-order chi connectivity index (χ0) is 15.9. The third-order valence-corrected chi connectivity index (χ3v) is 2.64. The molecular weight excluding hydrogens is 292 g/mol. The van der Waals surface area contributed by atoms with Gasteiger partial charge in [-0.05, 0) is 24.3 Å². The van der Waals surface area contributed by atoms with Gasteiger partial charge in [0, 0.05) is 0 Å². The van der Waals surface area contributed by atoms with E-state index >= 15 is 0 Å². The second-order valence-electron chi connectivity index (χ2n) is 4.14. The van der Waals surface area contributed by atoms with Gasteiger partial charge < -0.3 is 14.8 Å². The van der Waals surface area contributed by atoms with Gasteiger partial charge in [0.15, 0.2) is 0 Å². The Bertz CT molecular complexity index is 750. The zero-order valence-electron chi connectivity index (χ0n) is 11.7. The molecule has 0 bridgehead atoms. The highest BCUT2D eigenvalue weighted by atomic mass is 16.5. The first kappa shape index (κ1) is 15.3. The van der Waals surface area contributed by atoms with Crippen LogP contribution in [0.4, 0.5) is 0 Å². The van der Waals surface area contributed by atoms with Gasteiger partial charge in [-0.15, -0.1) is 0 Å². The van der Waals surface area contributed by atoms with Crippen LogP contribution in [0.2, 0.25) is 0 Å². The summed E-state index contributed by atoms with van der Waals surface area (Å²) in [6.07, 6.45) is 0. The number of amides is 1. The monoisotopic (exact) mass is 306 g/mol. The number of ether oxygens (including phenoxy) is 2. The molecule has 0 fully saturated rings. The number of carbonyl (C=O) groups excluding carboxylic acids is 1. The minimum absolute atomic E-state index is 0.172. The van der Waals surface area contributed by atoms with Crippen LogP contribution >= 0.6 is 0 Å². The van der Waals surface area contributed by atoms with E-state index in [1.54, 1.807) is 31.4 Å². The molecule has 1 heterocycles. The molecule has 0 aliphatic rings. The lowest BCUT2D eigenvalue weighted by Gasteiger charge is -2.07. The second-order valence-corrected chi connectivity index (χ2v) is 4.14. The Labute approximate surface area is 124 Å². The van der Waals surface area contributed by atoms with Crippen LogP contribution in [-0.4, -0.2) is 41.3 Å². The summed E-state index contributed by atoms with van der Waals surface area (Å²) in [6, 6.07) is 6.96. The highest BCUT2D eigenvalue weighted by Gasteiger charge is 2.12. The molecule has 3 N–H and O–H groups in total. The summed E-state index contributed by atoms with van der Waals surface area (Å²) < 4.78 is 10.4. The Hall–Kier alpha value is -3.10. The first-order chi connectivity index (χ1) is 10.6. The van der Waals surface area contributed by atoms with Crippen molar-refractivity contribution in [3.8, 4) is 11.5 Å². The number of H-pyrrole nitrogens is 2. The third-order valence-electron chi connectivity index (χ3n) is 2.64. The number of aromatic amines is 2. The predicted octanol–water partition coefficient (Wildman–Crippen LogP) is -0.724. The Morgan fingerprint density at radius 1 is 1.23 bits per heavy atom. The first-order valence-corrected chi connectivity index (χ1v) is 6.34. The van der Waals surface area contributed by atoms with Crippen LogP contribution in [-0.2, 0) is 0 Å². The molecule has 0 aliphatic carbocycles. The summed E-state index contributed by atoms with van der Waals surface area (Å²) in [6.45, 7) is 0.379. The van der Waals surface area contributed by atoms with Crippen molar-refractivity contribution < 1.29 is 14.3 Å². The maximum atomic E-state index is 11.7. The summed E-state index contributed by atoms with van der Waals surface area (Å²) in [4.78, 5) is 35.7. The number of nitrogens with one attached hydrogen (secondary N) is 3. The largest absolute Gasteiger partial charge is 0.497 e. The number of carbonyl (C=O) groups is 1. The predicted molar refractivity (Wildman–Crippen MR) is 76.3 cm³/mol. The number of methoxy groups -OCH3 is 1. The Kier molecular flexibility index (Phi) is 4.91. The molecule has 9 heteroatoms. The van der Waals surface area contributed by atoms with Gasteiger partial charge in [0.05, 0.1) is 13.7 Å². The van der Waals surface area contributed by atoms with E-state index in [0.717, 1.165) is 0 Å². The van der Waals surface area contributed by atoms with Crippen molar-refractivity contribution in [3.05, 3.63) is 50.8 Å². The van der Waals surface area contributed by atoms with Gasteiger partial charge in [0.25, 0.3) is 11.5 Å². The highest BCUT2D eigenvalue weighted by molar-refractivity contribution is 5.91. The number of nitrogens with zero attached hydrogens (tertiary/aromatic N) is 1. The molecule has 0 radical (unpaired) electrons. The van der Waals surface area contributed by atoms with Crippen LogP contribution < -0.4 is 26.0 Å². The molecule has 0 saturated carbocycles. The van der Waals surface area contributed by atoms with E-state index in [2.05, 4.69) is 10.4 Å². The SMILES string of the molecule is COc1ccc(OCCNC(=O)c2n[nH]c(=O)[nH]c2=O)cc1. The van der Waals surface area contributed by atoms with Crippen LogP contribution in [0.15, 0.2) is 33.9 Å². The quantitative estimate of drug-likeness (QED) is 0.604. The minimum atomic E-state index is -0.850. The van der Waals surface area contributed by atoms with Crippen molar-refractivity contribution in [1.29, 1.82) is 0 Å². The van der Waals surface area contributed by atoms with Crippen LogP contribution in [0.1, 0.15) is 10.5 Å². The van der Waals surface area contributed by atoms with Gasteiger partial charge in [-0.3, -0.25) is 14.6 Å². The van der Waals surface area contributed by atoms with E-state index < -0.39 is 22.9 Å². The number of rotatable bonds is 6. The molecule has 0 spiro atoms. The maximum Gasteiger partial charge on any atom is 0.342 e. The van der Waals surface area contributed by atoms with E-state index in [1.807, 2.05) is 10.1 Å². The van der Waals surface area contributed by atoms with Crippen LogP contribution in [0.25, 0.3) is 0 Å². The lowest BCUT2D eigenvalue weighted by atomic mass is 10.3. The molecule has 2 aromatic rings. The molecule has 2 rings (SSSR count). The van der Waals surface area contributed by atoms with Gasteiger partial charge in [0.1, 0.15) is 18.1 Å². The van der Waals surface area contributed by atoms with Crippen molar-refractivity contribution in [2.24, 2.45) is 0 Å². The van der Waals surface area contributed by atoms with Crippen LogP contribution in [0, 0.1) is 0 Å². The fraction of sp³-hybridized carbons (Fsp3) is 0.231. The van der Waals surface area contributed by atoms with Gasteiger partial charge in [-0.2, -0.15) is 5.10 Å². The smallest absolute Gasteiger partial charge is 0.342 e. The average molecular weight is 306 g/mol. The average Bonchev–Trinajstić information content (AvgIpc) is 2.52. The third kappa shape index (κ3) is 3.95. The van der Waals surface area contributed by atoms with E-state index in [9.17, 15) is 14.4 Å². The maximum absolute atomic E-state index is 11.7. The van der Waals surface area contributed by atoms with Crippen molar-refractivity contribution in [1.82, 2.24) is 20.5 Å². The summed E-state index contributed by atoms with van der Waals surface area (Å²) in [5.41, 5.74) is -2.04. The molecule has 0 aliphatic heterocycles. The molecule has 1 aromatic heterocycles. The molecule has 22 heavy (non-hydrogen) atoms. The molecule has 0 atom stereocenters. The van der Waals surface area contributed by atoms with Crippen molar-refractivity contribution in [2.45, 2.75) is 0 Å². The van der Waals surface area contributed by atoms with Crippen molar-refractivity contribution in [3.63, 3.8) is 0 Å². The molecule has 0 saturated heterocycles. The zero-order valence-corrected chi connectivity index (χ0v) is 11.7. The lowest BCUT2D eigenvalue weighted by molar-refractivity contribution is 0.0939. The highest BCUT2D eigenvalue weighted by Crippen LogP contribution is 2.16. The Morgan fingerprint density at radius 2 is 1.91 bits per heavy atom. The van der Waals surface area contributed by atoms with E-state index in [-0.39, 0.29) is 13.2 Å². The molecule has 116 valence electrons. The van der Waals surface area contributed by atoms with Crippen LogP contribution in [0.3, 0.4) is 0 Å². The second kappa shape index (κ2) is 7.07. The minimum Gasteiger partial charge on any atom is -0.497 e. The Balaban J connectivity index is 1.81. The topological polar surface area (TPSA) is 126 Å². The molecule has 1 aromatic carbocycles. The summed E-state index contributed by atoms with van der Waals surface area (Å²) >= 11 is 0. The van der Waals surface area contributed by atoms with Crippen molar-refractivity contribution in [2.75, 3.05) is 20.3 Å². The van der Waals surface area contributed by atoms with E-state index in [1.165, 1.54) is 0 Å². The fourth-order valence-corrected chi connectivity index (χ4v) is 1.59. The molecule has 1 amide bonds. The van der Waals surface area contributed by atoms with E-state index in [0.29, 0.717) is 11.5 Å². The van der Waals surface area contributed by atoms with Gasteiger partial charge in [-0.1, -0.05) is 0 Å². The van der Waals surface area contributed by atoms with Gasteiger partial charge in [-0.25, -0.2) is 9.89 Å². The van der Waals surface area contributed by atoms with Crippen LogP contribution in [0.5, 0.6) is 11.5 Å². The van der Waals surface area contributed by atoms with Gasteiger partial charge in [0.2, 0.25) is 5.69 Å². The number of aromatic nitrogens is 3. The summed E-state index contributed by atoms with van der Waals surface area (Å²) in [5, 5.41) is 7.83. The van der Waals surface area contributed by atoms with E-state index in [4.69, 9.17) is 9.47 Å². The summed E-state index contributed by atoms with van der Waals surface area (Å²) in [5.74, 6) is 0.634. The lowest BCUT2D eigenvalue weighted by Crippen LogP contribution is -2.37. The number of hydrogen-bond donors (Lipinski definition) is 3. The number of hydrogen-bond acceptors (Lipinski definition) is 6.